The number of nitrogens with zero attached hydrogens (tertiary/aromatic N) is 3. The minimum Gasteiger partial charge on any atom is -0.477 e. The number of carboxylic acid groups (broad SMARTS) is 1. The van der Waals surface area contributed by atoms with Gasteiger partial charge in [-0.15, -0.1) is 0 Å². The van der Waals surface area contributed by atoms with Crippen LogP contribution in [0.1, 0.15) is 31.1 Å². The number of hydrogen-bond acceptors (Lipinski definition) is 6. The van der Waals surface area contributed by atoms with Gasteiger partial charge in [0, 0.05) is 13.1 Å². The first kappa shape index (κ1) is 15.5. The molecule has 1 fully saturated rings. The molecule has 1 N–H and O–H groups in total. The second kappa shape index (κ2) is 6.71. The molecule has 0 aromatic carbocycles. The summed E-state index contributed by atoms with van der Waals surface area (Å²) >= 11 is 0. The lowest BCUT2D eigenvalue weighted by Crippen LogP contribution is -2.37. The summed E-state index contributed by atoms with van der Waals surface area (Å²) in [6.07, 6.45) is 1.18. The Morgan fingerprint density at radius 3 is 2.62 bits per heavy atom. The van der Waals surface area contributed by atoms with E-state index in [9.17, 15) is 9.90 Å². The van der Waals surface area contributed by atoms with Crippen molar-refractivity contribution in [2.75, 3.05) is 31.2 Å². The predicted molar refractivity (Wildman–Crippen MR) is 77.0 cm³/mol. The molecule has 7 heteroatoms. The minimum absolute atomic E-state index is 0.0143. The number of carboxylic acids is 1. The van der Waals surface area contributed by atoms with Crippen molar-refractivity contribution < 1.29 is 19.4 Å². The fourth-order valence-corrected chi connectivity index (χ4v) is 1.82. The van der Waals surface area contributed by atoms with Crippen LogP contribution in [0.25, 0.3) is 0 Å². The number of hydrogen-bond donors (Lipinski definition) is 1. The van der Waals surface area contributed by atoms with Gasteiger partial charge in [-0.3, -0.25) is 0 Å². The molecule has 0 radical (unpaired) electrons. The second-order valence-corrected chi connectivity index (χ2v) is 5.36. The molecule has 0 saturated carbocycles. The van der Waals surface area contributed by atoms with E-state index >= 15 is 0 Å². The lowest BCUT2D eigenvalue weighted by Gasteiger charge is -2.27. The SMILES string of the molecule is CC(C)C(C)Oc1nc(N2CCOCC2)ncc1C(=O)O. The van der Waals surface area contributed by atoms with E-state index in [1.54, 1.807) is 0 Å². The molecule has 0 aliphatic carbocycles. The van der Waals surface area contributed by atoms with E-state index in [0.717, 1.165) is 0 Å². The van der Waals surface area contributed by atoms with Crippen molar-refractivity contribution in [1.82, 2.24) is 9.97 Å². The van der Waals surface area contributed by atoms with Crippen molar-refractivity contribution in [3.8, 4) is 5.88 Å². The van der Waals surface area contributed by atoms with Crippen molar-refractivity contribution in [3.63, 3.8) is 0 Å². The van der Waals surface area contributed by atoms with E-state index in [0.29, 0.717) is 32.3 Å². The first-order chi connectivity index (χ1) is 9.99. The number of carbonyl (C=O) groups is 1. The standard InChI is InChI=1S/C14H21N3O4/c1-9(2)10(3)21-12-11(13(18)19)8-15-14(16-12)17-4-6-20-7-5-17/h8-10H,4-7H2,1-3H3,(H,18,19). The highest BCUT2D eigenvalue weighted by Gasteiger charge is 2.21. The van der Waals surface area contributed by atoms with E-state index < -0.39 is 5.97 Å². The smallest absolute Gasteiger partial charge is 0.342 e. The Hall–Kier alpha value is -1.89. The predicted octanol–water partition coefficient (Wildman–Crippen LogP) is 1.43. The third-order valence-electron chi connectivity index (χ3n) is 3.50. The Morgan fingerprint density at radius 2 is 2.05 bits per heavy atom. The minimum atomic E-state index is -1.09. The number of rotatable bonds is 5. The number of aromatic carboxylic acids is 1. The number of ether oxygens (including phenoxy) is 2. The maximum atomic E-state index is 11.3. The summed E-state index contributed by atoms with van der Waals surface area (Å²) in [4.78, 5) is 21.7. The molecule has 1 aromatic heterocycles. The molecule has 1 aliphatic heterocycles. The van der Waals surface area contributed by atoms with Crippen LogP contribution in [0.2, 0.25) is 0 Å². The van der Waals surface area contributed by atoms with Gasteiger partial charge in [0.1, 0.15) is 5.56 Å². The van der Waals surface area contributed by atoms with E-state index in [-0.39, 0.29) is 23.5 Å². The van der Waals surface area contributed by atoms with Crippen LogP contribution in [0.3, 0.4) is 0 Å². The van der Waals surface area contributed by atoms with Crippen molar-refractivity contribution in [2.24, 2.45) is 5.92 Å². The van der Waals surface area contributed by atoms with Crippen molar-refractivity contribution in [1.29, 1.82) is 0 Å². The highest BCUT2D eigenvalue weighted by Crippen LogP contribution is 2.22. The molecule has 116 valence electrons. The van der Waals surface area contributed by atoms with Gasteiger partial charge < -0.3 is 19.5 Å². The summed E-state index contributed by atoms with van der Waals surface area (Å²) in [5.41, 5.74) is -0.0143. The van der Waals surface area contributed by atoms with Gasteiger partial charge in [0.05, 0.1) is 25.5 Å². The monoisotopic (exact) mass is 295 g/mol. The van der Waals surface area contributed by atoms with Crippen LogP contribution >= 0.6 is 0 Å². The quantitative estimate of drug-likeness (QED) is 0.879. The Balaban J connectivity index is 2.27. The van der Waals surface area contributed by atoms with Crippen LogP contribution < -0.4 is 9.64 Å². The fraction of sp³-hybridized carbons (Fsp3) is 0.643. The van der Waals surface area contributed by atoms with Gasteiger partial charge in [0.2, 0.25) is 11.8 Å². The van der Waals surface area contributed by atoms with Gasteiger partial charge in [-0.05, 0) is 12.8 Å². The molecule has 1 unspecified atom stereocenters. The van der Waals surface area contributed by atoms with Crippen molar-refractivity contribution >= 4 is 11.9 Å². The van der Waals surface area contributed by atoms with E-state index in [2.05, 4.69) is 9.97 Å². The van der Waals surface area contributed by atoms with E-state index in [1.807, 2.05) is 25.7 Å². The van der Waals surface area contributed by atoms with Crippen molar-refractivity contribution in [3.05, 3.63) is 11.8 Å². The van der Waals surface area contributed by atoms with Crippen molar-refractivity contribution in [2.45, 2.75) is 26.9 Å². The lowest BCUT2D eigenvalue weighted by atomic mass is 10.1. The summed E-state index contributed by atoms with van der Waals surface area (Å²) in [7, 11) is 0. The molecule has 0 bridgehead atoms. The van der Waals surface area contributed by atoms with Gasteiger partial charge in [0.15, 0.2) is 0 Å². The van der Waals surface area contributed by atoms with E-state index in [4.69, 9.17) is 9.47 Å². The van der Waals surface area contributed by atoms with Gasteiger partial charge in [-0.2, -0.15) is 4.98 Å². The maximum absolute atomic E-state index is 11.3. The molecule has 21 heavy (non-hydrogen) atoms. The van der Waals surface area contributed by atoms with Crippen LogP contribution in [0.4, 0.5) is 5.95 Å². The van der Waals surface area contributed by atoms with Gasteiger partial charge in [-0.1, -0.05) is 13.8 Å². The normalized spacial score (nSPS) is 16.9. The molecular weight excluding hydrogens is 274 g/mol. The average Bonchev–Trinajstić information content (AvgIpc) is 2.47. The molecule has 1 saturated heterocycles. The summed E-state index contributed by atoms with van der Waals surface area (Å²) in [6, 6.07) is 0. The molecule has 1 atom stereocenters. The second-order valence-electron chi connectivity index (χ2n) is 5.36. The average molecular weight is 295 g/mol. The number of morpholine rings is 1. The van der Waals surface area contributed by atoms with E-state index in [1.165, 1.54) is 6.20 Å². The van der Waals surface area contributed by atoms with Gasteiger partial charge >= 0.3 is 5.97 Å². The van der Waals surface area contributed by atoms with Crippen LogP contribution in [-0.2, 0) is 4.74 Å². The fourth-order valence-electron chi connectivity index (χ4n) is 1.82. The van der Waals surface area contributed by atoms with Crippen LogP contribution in [-0.4, -0.2) is 53.5 Å². The molecule has 7 nitrogen and oxygen atoms in total. The number of aromatic nitrogens is 2. The molecular formula is C14H21N3O4. The topological polar surface area (TPSA) is 84.8 Å². The molecule has 2 heterocycles. The third-order valence-corrected chi connectivity index (χ3v) is 3.50. The largest absolute Gasteiger partial charge is 0.477 e. The van der Waals surface area contributed by atoms with Crippen LogP contribution in [0.15, 0.2) is 6.20 Å². The van der Waals surface area contributed by atoms with Gasteiger partial charge in [0.25, 0.3) is 0 Å². The molecule has 1 aromatic rings. The summed E-state index contributed by atoms with van der Waals surface area (Å²) in [6.45, 7) is 8.51. The highest BCUT2D eigenvalue weighted by molar-refractivity contribution is 5.89. The first-order valence-corrected chi connectivity index (χ1v) is 7.08. The Morgan fingerprint density at radius 1 is 1.38 bits per heavy atom. The maximum Gasteiger partial charge on any atom is 0.342 e. The summed E-state index contributed by atoms with van der Waals surface area (Å²) in [5, 5.41) is 9.22. The van der Waals surface area contributed by atoms with Crippen LogP contribution in [0.5, 0.6) is 5.88 Å². The Labute approximate surface area is 123 Å². The molecule has 0 spiro atoms. The molecule has 0 amide bonds. The number of anilines is 1. The lowest BCUT2D eigenvalue weighted by molar-refractivity contribution is 0.0684. The zero-order valence-electron chi connectivity index (χ0n) is 12.6. The third kappa shape index (κ3) is 3.81. The van der Waals surface area contributed by atoms with Gasteiger partial charge in [-0.25, -0.2) is 9.78 Å². The summed E-state index contributed by atoms with van der Waals surface area (Å²) < 4.78 is 11.0. The zero-order chi connectivity index (χ0) is 15.4. The zero-order valence-corrected chi connectivity index (χ0v) is 12.6. The Bertz CT molecular complexity index is 501. The van der Waals surface area contributed by atoms with Crippen LogP contribution in [0, 0.1) is 5.92 Å². The molecule has 1 aliphatic rings. The first-order valence-electron chi connectivity index (χ1n) is 7.08. The highest BCUT2D eigenvalue weighted by atomic mass is 16.5. The molecule has 2 rings (SSSR count). The summed E-state index contributed by atoms with van der Waals surface area (Å²) in [5.74, 6) is -0.225. The Kier molecular flexibility index (Phi) is 4.95.